The molecule has 0 heterocycles. The van der Waals surface area contributed by atoms with Gasteiger partial charge in [0.2, 0.25) is 11.8 Å². The highest BCUT2D eigenvalue weighted by molar-refractivity contribution is 8.76. The van der Waals surface area contributed by atoms with Crippen molar-refractivity contribution in [2.75, 3.05) is 24.6 Å². The van der Waals surface area contributed by atoms with Crippen LogP contribution < -0.4 is 21.3 Å². The molecule has 24 heavy (non-hydrogen) atoms. The summed E-state index contributed by atoms with van der Waals surface area (Å²) in [7, 11) is 2.70. The lowest BCUT2D eigenvalue weighted by Gasteiger charge is -2.10. The van der Waals surface area contributed by atoms with Gasteiger partial charge in [-0.2, -0.15) is 0 Å². The van der Waals surface area contributed by atoms with Crippen LogP contribution in [0.3, 0.4) is 0 Å². The molecule has 0 aromatic rings. The van der Waals surface area contributed by atoms with Crippen LogP contribution in [0.5, 0.6) is 0 Å². The third-order valence-electron chi connectivity index (χ3n) is 3.30. The van der Waals surface area contributed by atoms with E-state index in [9.17, 15) is 19.2 Å². The van der Waals surface area contributed by atoms with E-state index in [1.807, 2.05) is 0 Å². The fourth-order valence-electron chi connectivity index (χ4n) is 2.17. The minimum atomic E-state index is -0.502. The van der Waals surface area contributed by atoms with Crippen molar-refractivity contribution in [3.05, 3.63) is 0 Å². The van der Waals surface area contributed by atoms with Gasteiger partial charge in [0.15, 0.2) is 0 Å². The number of hydrogen-bond acceptors (Lipinski definition) is 6. The molecule has 0 atom stereocenters. The standard InChI is InChI=1S/C14H24N4O4S2/c1-2-15-13(21)17-11(19)9-24-23-8-7-16-14(22)18-12(20)10-5-3-4-6-10/h10H,2-9H2,1H3,(H2,15,17,19,21)(H2,16,18,20,22). The Labute approximate surface area is 149 Å². The number of nitrogens with one attached hydrogen (secondary N) is 4. The first-order valence-electron chi connectivity index (χ1n) is 7.93. The van der Waals surface area contributed by atoms with Crippen molar-refractivity contribution in [2.45, 2.75) is 32.6 Å². The second kappa shape index (κ2) is 12.0. The van der Waals surface area contributed by atoms with Gasteiger partial charge in [-0.15, -0.1) is 0 Å². The summed E-state index contributed by atoms with van der Waals surface area (Å²) in [4.78, 5) is 45.8. The Morgan fingerprint density at radius 3 is 2.29 bits per heavy atom. The summed E-state index contributed by atoms with van der Waals surface area (Å²) in [6, 6.07) is -0.982. The fourth-order valence-corrected chi connectivity index (χ4v) is 3.91. The molecule has 6 amide bonds. The zero-order chi connectivity index (χ0) is 17.8. The zero-order valence-corrected chi connectivity index (χ0v) is 15.3. The summed E-state index contributed by atoms with van der Waals surface area (Å²) in [5, 5.41) is 9.62. The van der Waals surface area contributed by atoms with Gasteiger partial charge in [-0.05, 0) is 19.8 Å². The lowest BCUT2D eigenvalue weighted by atomic mass is 10.1. The molecule has 0 saturated heterocycles. The molecule has 0 spiro atoms. The molecule has 8 nitrogen and oxygen atoms in total. The normalized spacial score (nSPS) is 14.0. The van der Waals surface area contributed by atoms with Crippen molar-refractivity contribution in [3.8, 4) is 0 Å². The Kier molecular flexibility index (Phi) is 10.3. The maximum absolute atomic E-state index is 11.7. The lowest BCUT2D eigenvalue weighted by molar-refractivity contribution is -0.123. The molecule has 4 N–H and O–H groups in total. The van der Waals surface area contributed by atoms with Crippen molar-refractivity contribution in [1.29, 1.82) is 0 Å². The molecule has 0 aliphatic heterocycles. The Balaban J connectivity index is 1.99. The van der Waals surface area contributed by atoms with Crippen LogP contribution in [-0.4, -0.2) is 48.5 Å². The molecule has 1 aliphatic rings. The summed E-state index contributed by atoms with van der Waals surface area (Å²) in [5.41, 5.74) is 0. The summed E-state index contributed by atoms with van der Waals surface area (Å²) < 4.78 is 0. The van der Waals surface area contributed by atoms with E-state index in [4.69, 9.17) is 0 Å². The Bertz CT molecular complexity index is 456. The molecule has 136 valence electrons. The van der Waals surface area contributed by atoms with Crippen LogP contribution >= 0.6 is 21.6 Å². The minimum absolute atomic E-state index is 0.0379. The van der Waals surface area contributed by atoms with E-state index in [0.29, 0.717) is 18.8 Å². The van der Waals surface area contributed by atoms with Gasteiger partial charge in [0.25, 0.3) is 0 Å². The summed E-state index contributed by atoms with van der Waals surface area (Å²) in [5.74, 6) is 0.127. The van der Waals surface area contributed by atoms with Gasteiger partial charge in [-0.3, -0.25) is 20.2 Å². The van der Waals surface area contributed by atoms with Crippen molar-refractivity contribution in [1.82, 2.24) is 21.3 Å². The third-order valence-corrected chi connectivity index (χ3v) is 5.57. The van der Waals surface area contributed by atoms with Crippen LogP contribution in [0.2, 0.25) is 0 Å². The average molecular weight is 377 g/mol. The van der Waals surface area contributed by atoms with Crippen LogP contribution in [0, 0.1) is 5.92 Å². The minimum Gasteiger partial charge on any atom is -0.338 e. The van der Waals surface area contributed by atoms with E-state index in [-0.39, 0.29) is 23.5 Å². The maximum Gasteiger partial charge on any atom is 0.321 e. The number of hydrogen-bond donors (Lipinski definition) is 4. The van der Waals surface area contributed by atoms with Crippen LogP contribution in [0.15, 0.2) is 0 Å². The summed E-state index contributed by atoms with van der Waals surface area (Å²) in [6.45, 7) is 2.61. The average Bonchev–Trinajstić information content (AvgIpc) is 3.05. The summed E-state index contributed by atoms with van der Waals surface area (Å²) in [6.07, 6.45) is 3.79. The molecule has 0 aromatic heterocycles. The number of rotatable bonds is 8. The number of amides is 6. The van der Waals surface area contributed by atoms with Gasteiger partial charge >= 0.3 is 12.1 Å². The molecule has 0 aromatic carbocycles. The quantitative estimate of drug-likeness (QED) is 0.374. The highest BCUT2D eigenvalue weighted by Gasteiger charge is 2.23. The zero-order valence-electron chi connectivity index (χ0n) is 13.7. The SMILES string of the molecule is CCNC(=O)NC(=O)CSSCCNC(=O)NC(=O)C1CCCC1. The second-order valence-electron chi connectivity index (χ2n) is 5.22. The van der Waals surface area contributed by atoms with E-state index >= 15 is 0 Å². The monoisotopic (exact) mass is 376 g/mol. The topological polar surface area (TPSA) is 116 Å². The molecule has 1 fully saturated rings. The molecule has 1 saturated carbocycles. The lowest BCUT2D eigenvalue weighted by Crippen LogP contribution is -2.42. The van der Waals surface area contributed by atoms with Gasteiger partial charge in [-0.1, -0.05) is 34.4 Å². The van der Waals surface area contributed by atoms with Crippen molar-refractivity contribution >= 4 is 45.5 Å². The molecule has 10 heteroatoms. The molecule has 0 bridgehead atoms. The highest BCUT2D eigenvalue weighted by Crippen LogP contribution is 2.24. The smallest absolute Gasteiger partial charge is 0.321 e. The van der Waals surface area contributed by atoms with Crippen molar-refractivity contribution in [3.63, 3.8) is 0 Å². The maximum atomic E-state index is 11.7. The third kappa shape index (κ3) is 9.02. The predicted molar refractivity (Wildman–Crippen MR) is 95.6 cm³/mol. The van der Waals surface area contributed by atoms with Gasteiger partial charge < -0.3 is 10.6 Å². The molecular weight excluding hydrogens is 352 g/mol. The molecule has 1 rings (SSSR count). The first kappa shape index (κ1) is 20.6. The Morgan fingerprint density at radius 1 is 0.958 bits per heavy atom. The second-order valence-corrected chi connectivity index (χ2v) is 7.80. The number of carbonyl (C=O) groups is 4. The van der Waals surface area contributed by atoms with Crippen molar-refractivity contribution < 1.29 is 19.2 Å². The van der Waals surface area contributed by atoms with E-state index in [0.717, 1.165) is 25.7 Å². The first-order chi connectivity index (χ1) is 11.5. The Hall–Kier alpha value is -1.42. The largest absolute Gasteiger partial charge is 0.338 e. The number of imide groups is 2. The highest BCUT2D eigenvalue weighted by atomic mass is 33.1. The van der Waals surface area contributed by atoms with E-state index in [1.54, 1.807) is 6.92 Å². The predicted octanol–water partition coefficient (Wildman–Crippen LogP) is 1.23. The van der Waals surface area contributed by atoms with E-state index in [2.05, 4.69) is 21.3 Å². The van der Waals surface area contributed by atoms with Crippen LogP contribution in [0.25, 0.3) is 0 Å². The van der Waals surface area contributed by atoms with Gasteiger partial charge in [0, 0.05) is 24.8 Å². The van der Waals surface area contributed by atoms with E-state index in [1.165, 1.54) is 21.6 Å². The first-order valence-corrected chi connectivity index (χ1v) is 10.4. The molecule has 1 aliphatic carbocycles. The molecule has 0 radical (unpaired) electrons. The Morgan fingerprint density at radius 2 is 1.62 bits per heavy atom. The van der Waals surface area contributed by atoms with Crippen LogP contribution in [-0.2, 0) is 9.59 Å². The van der Waals surface area contributed by atoms with Crippen LogP contribution in [0.1, 0.15) is 32.6 Å². The molecule has 0 unspecified atom stereocenters. The summed E-state index contributed by atoms with van der Waals surface area (Å²) >= 11 is 0. The van der Waals surface area contributed by atoms with E-state index < -0.39 is 12.1 Å². The number of urea groups is 2. The fraction of sp³-hybridized carbons (Fsp3) is 0.714. The molecular formula is C14H24N4O4S2. The number of carbonyl (C=O) groups excluding carboxylic acids is 4. The van der Waals surface area contributed by atoms with Crippen LogP contribution in [0.4, 0.5) is 9.59 Å². The van der Waals surface area contributed by atoms with Gasteiger partial charge in [0.05, 0.1) is 5.75 Å². The van der Waals surface area contributed by atoms with Gasteiger partial charge in [-0.25, -0.2) is 9.59 Å². The van der Waals surface area contributed by atoms with Crippen molar-refractivity contribution in [2.24, 2.45) is 5.92 Å². The van der Waals surface area contributed by atoms with Gasteiger partial charge in [0.1, 0.15) is 0 Å².